The maximum atomic E-state index is 10.6. The Labute approximate surface area is 111 Å². The number of rotatable bonds is 2. The fourth-order valence-corrected chi connectivity index (χ4v) is 2.43. The smallest absolute Gasteiger partial charge is 0.121 e. The first-order chi connectivity index (χ1) is 9.16. The molecule has 19 heavy (non-hydrogen) atoms. The van der Waals surface area contributed by atoms with E-state index >= 15 is 0 Å². The van der Waals surface area contributed by atoms with Crippen LogP contribution in [0.25, 0.3) is 10.8 Å². The van der Waals surface area contributed by atoms with Crippen molar-refractivity contribution < 1.29 is 5.11 Å². The Morgan fingerprint density at radius 1 is 1.26 bits per heavy atom. The Morgan fingerprint density at radius 2 is 2.11 bits per heavy atom. The van der Waals surface area contributed by atoms with Crippen molar-refractivity contribution in [2.24, 2.45) is 7.05 Å². The van der Waals surface area contributed by atoms with Crippen LogP contribution in [-0.2, 0) is 7.05 Å². The third-order valence-corrected chi connectivity index (χ3v) is 3.33. The number of aliphatic hydroxyl groups is 1. The molecule has 2 heterocycles. The van der Waals surface area contributed by atoms with Crippen LogP contribution in [-0.4, -0.2) is 19.9 Å². The van der Waals surface area contributed by atoms with Crippen LogP contribution >= 0.6 is 0 Å². The Hall–Kier alpha value is -2.20. The van der Waals surface area contributed by atoms with Gasteiger partial charge in [0.1, 0.15) is 6.10 Å². The van der Waals surface area contributed by atoms with Gasteiger partial charge in [-0.15, -0.1) is 0 Å². The SMILES string of the molecule is Cc1cc(C(O)c2cccc3cnccc23)n(C)n1. The van der Waals surface area contributed by atoms with Crippen LogP contribution in [0, 0.1) is 6.92 Å². The van der Waals surface area contributed by atoms with Gasteiger partial charge in [0.25, 0.3) is 0 Å². The van der Waals surface area contributed by atoms with E-state index in [2.05, 4.69) is 10.1 Å². The molecule has 0 saturated heterocycles. The molecule has 0 spiro atoms. The van der Waals surface area contributed by atoms with Crippen molar-refractivity contribution >= 4 is 10.8 Å². The zero-order valence-corrected chi connectivity index (χ0v) is 10.9. The summed E-state index contributed by atoms with van der Waals surface area (Å²) in [5, 5.41) is 16.9. The van der Waals surface area contributed by atoms with E-state index in [1.165, 1.54) is 0 Å². The second-order valence-electron chi connectivity index (χ2n) is 4.68. The van der Waals surface area contributed by atoms with E-state index in [9.17, 15) is 5.11 Å². The molecular weight excluding hydrogens is 238 g/mol. The molecule has 2 aromatic heterocycles. The Morgan fingerprint density at radius 3 is 2.84 bits per heavy atom. The summed E-state index contributed by atoms with van der Waals surface area (Å²) in [5.41, 5.74) is 2.57. The largest absolute Gasteiger partial charge is 0.382 e. The van der Waals surface area contributed by atoms with Crippen LogP contribution in [0.5, 0.6) is 0 Å². The van der Waals surface area contributed by atoms with Crippen molar-refractivity contribution in [2.75, 3.05) is 0 Å². The van der Waals surface area contributed by atoms with Gasteiger partial charge in [-0.2, -0.15) is 5.10 Å². The highest BCUT2D eigenvalue weighted by Crippen LogP contribution is 2.28. The topological polar surface area (TPSA) is 50.9 Å². The van der Waals surface area contributed by atoms with Crippen LogP contribution in [0.1, 0.15) is 23.1 Å². The van der Waals surface area contributed by atoms with Crippen LogP contribution in [0.2, 0.25) is 0 Å². The van der Waals surface area contributed by atoms with Gasteiger partial charge in [-0.3, -0.25) is 9.67 Å². The fourth-order valence-electron chi connectivity index (χ4n) is 2.43. The monoisotopic (exact) mass is 253 g/mol. The zero-order chi connectivity index (χ0) is 13.4. The summed E-state index contributed by atoms with van der Waals surface area (Å²) in [6.07, 6.45) is 2.87. The van der Waals surface area contributed by atoms with Crippen molar-refractivity contribution in [3.05, 3.63) is 59.7 Å². The second-order valence-corrected chi connectivity index (χ2v) is 4.68. The molecule has 96 valence electrons. The number of nitrogens with zero attached hydrogens (tertiary/aromatic N) is 3. The standard InChI is InChI=1S/C15H15N3O/c1-10-8-14(18(2)17-10)15(19)13-5-3-4-11-9-16-7-6-12(11)13/h3-9,15,19H,1-2H3. The van der Waals surface area contributed by atoms with Gasteiger partial charge in [0.05, 0.1) is 11.4 Å². The van der Waals surface area contributed by atoms with Crippen molar-refractivity contribution in [2.45, 2.75) is 13.0 Å². The molecule has 0 bridgehead atoms. The Bertz CT molecular complexity index is 728. The molecule has 3 rings (SSSR count). The summed E-state index contributed by atoms with van der Waals surface area (Å²) in [7, 11) is 1.85. The molecule has 0 amide bonds. The molecule has 3 aromatic rings. The Balaban J connectivity index is 2.16. The number of hydrogen-bond acceptors (Lipinski definition) is 3. The third kappa shape index (κ3) is 2.00. The van der Waals surface area contributed by atoms with Crippen molar-refractivity contribution in [1.82, 2.24) is 14.8 Å². The first-order valence-electron chi connectivity index (χ1n) is 6.18. The maximum Gasteiger partial charge on any atom is 0.121 e. The summed E-state index contributed by atoms with van der Waals surface area (Å²) >= 11 is 0. The lowest BCUT2D eigenvalue weighted by atomic mass is 10.00. The first kappa shape index (κ1) is 11.9. The van der Waals surface area contributed by atoms with E-state index in [0.29, 0.717) is 0 Å². The minimum absolute atomic E-state index is 0.683. The highest BCUT2D eigenvalue weighted by Gasteiger charge is 2.17. The molecule has 0 aliphatic rings. The molecule has 1 N–H and O–H groups in total. The second kappa shape index (κ2) is 4.48. The highest BCUT2D eigenvalue weighted by atomic mass is 16.3. The number of aliphatic hydroxyl groups excluding tert-OH is 1. The molecule has 0 radical (unpaired) electrons. The van der Waals surface area contributed by atoms with E-state index in [4.69, 9.17) is 0 Å². The highest BCUT2D eigenvalue weighted by molar-refractivity contribution is 5.85. The number of hydrogen-bond donors (Lipinski definition) is 1. The molecule has 1 aromatic carbocycles. The molecule has 1 atom stereocenters. The summed E-state index contributed by atoms with van der Waals surface area (Å²) in [6.45, 7) is 1.92. The number of aromatic nitrogens is 3. The van der Waals surface area contributed by atoms with Crippen LogP contribution in [0.3, 0.4) is 0 Å². The average molecular weight is 253 g/mol. The van der Waals surface area contributed by atoms with E-state index in [-0.39, 0.29) is 0 Å². The lowest BCUT2D eigenvalue weighted by Gasteiger charge is -2.13. The van der Waals surface area contributed by atoms with E-state index in [1.807, 2.05) is 44.3 Å². The van der Waals surface area contributed by atoms with Gasteiger partial charge < -0.3 is 5.11 Å². The lowest BCUT2D eigenvalue weighted by molar-refractivity contribution is 0.211. The minimum Gasteiger partial charge on any atom is -0.382 e. The third-order valence-electron chi connectivity index (χ3n) is 3.33. The number of aryl methyl sites for hydroxylation is 2. The average Bonchev–Trinajstić information content (AvgIpc) is 2.76. The predicted octanol–water partition coefficient (Wildman–Crippen LogP) is 2.36. The molecular formula is C15H15N3O. The van der Waals surface area contributed by atoms with Gasteiger partial charge in [-0.25, -0.2) is 0 Å². The van der Waals surface area contributed by atoms with Gasteiger partial charge in [0.2, 0.25) is 0 Å². The summed E-state index contributed by atoms with van der Waals surface area (Å²) < 4.78 is 1.72. The Kier molecular flexibility index (Phi) is 2.80. The first-order valence-corrected chi connectivity index (χ1v) is 6.18. The fraction of sp³-hybridized carbons (Fsp3) is 0.200. The van der Waals surface area contributed by atoms with E-state index < -0.39 is 6.10 Å². The zero-order valence-electron chi connectivity index (χ0n) is 10.9. The summed E-state index contributed by atoms with van der Waals surface area (Å²) in [4.78, 5) is 4.11. The van der Waals surface area contributed by atoms with Crippen LogP contribution in [0.4, 0.5) is 0 Å². The molecule has 4 nitrogen and oxygen atoms in total. The van der Waals surface area contributed by atoms with Crippen molar-refractivity contribution in [1.29, 1.82) is 0 Å². The molecule has 0 fully saturated rings. The molecule has 4 heteroatoms. The van der Waals surface area contributed by atoms with Crippen LogP contribution in [0.15, 0.2) is 42.7 Å². The van der Waals surface area contributed by atoms with Crippen molar-refractivity contribution in [3.8, 4) is 0 Å². The van der Waals surface area contributed by atoms with Gasteiger partial charge in [0, 0.05) is 24.8 Å². The number of pyridine rings is 1. The molecule has 1 unspecified atom stereocenters. The molecule has 0 aliphatic heterocycles. The normalized spacial score (nSPS) is 12.8. The van der Waals surface area contributed by atoms with Gasteiger partial charge in [-0.1, -0.05) is 18.2 Å². The maximum absolute atomic E-state index is 10.6. The summed E-state index contributed by atoms with van der Waals surface area (Å²) in [6, 6.07) is 9.70. The van der Waals surface area contributed by atoms with Gasteiger partial charge >= 0.3 is 0 Å². The summed E-state index contributed by atoms with van der Waals surface area (Å²) in [5.74, 6) is 0. The number of fused-ring (bicyclic) bond motifs is 1. The van der Waals surface area contributed by atoms with E-state index in [1.54, 1.807) is 17.1 Å². The lowest BCUT2D eigenvalue weighted by Crippen LogP contribution is -2.07. The van der Waals surface area contributed by atoms with Crippen molar-refractivity contribution in [3.63, 3.8) is 0 Å². The quantitative estimate of drug-likeness (QED) is 0.762. The van der Waals surface area contributed by atoms with Gasteiger partial charge in [0.15, 0.2) is 0 Å². The molecule has 0 aliphatic carbocycles. The van der Waals surface area contributed by atoms with Gasteiger partial charge in [-0.05, 0) is 30.0 Å². The van der Waals surface area contributed by atoms with E-state index in [0.717, 1.165) is 27.7 Å². The number of benzene rings is 1. The predicted molar refractivity (Wildman–Crippen MR) is 73.7 cm³/mol. The molecule has 0 saturated carbocycles. The minimum atomic E-state index is -0.683. The van der Waals surface area contributed by atoms with Crippen LogP contribution < -0.4 is 0 Å².